The van der Waals surface area contributed by atoms with Crippen molar-refractivity contribution in [2.24, 2.45) is 0 Å². The van der Waals surface area contributed by atoms with Crippen LogP contribution < -0.4 is 0 Å². The van der Waals surface area contributed by atoms with Crippen LogP contribution in [-0.4, -0.2) is 34.8 Å². The van der Waals surface area contributed by atoms with Crippen molar-refractivity contribution in [2.75, 3.05) is 13.1 Å². The standard InChI is InChI=1S/C16H21Cl2NO3/c1-15(2,3)22-14(20)19-9-5-8-16(21,10-19)13-11(17)6-4-7-12(13)18/h4,6-7,21H,5,8-10H2,1-3H3/t16-/m1/s1. The molecule has 2 rings (SSSR count). The number of hydrogen-bond donors (Lipinski definition) is 1. The Morgan fingerprint density at radius 1 is 1.32 bits per heavy atom. The van der Waals surface area contributed by atoms with Gasteiger partial charge < -0.3 is 14.7 Å². The fourth-order valence-electron chi connectivity index (χ4n) is 2.66. The quantitative estimate of drug-likeness (QED) is 0.829. The van der Waals surface area contributed by atoms with Crippen LogP contribution in [0, 0.1) is 0 Å². The van der Waals surface area contributed by atoms with Gasteiger partial charge in [0.25, 0.3) is 0 Å². The second-order valence-electron chi connectivity index (χ2n) is 6.63. The highest BCUT2D eigenvalue weighted by atomic mass is 35.5. The normalized spacial score (nSPS) is 22.5. The Kier molecular flexibility index (Phi) is 4.95. The Bertz CT molecular complexity index is 551. The zero-order valence-electron chi connectivity index (χ0n) is 13.0. The Balaban J connectivity index is 2.24. The second-order valence-corrected chi connectivity index (χ2v) is 7.45. The number of piperidine rings is 1. The van der Waals surface area contributed by atoms with Gasteiger partial charge in [-0.1, -0.05) is 29.3 Å². The molecule has 22 heavy (non-hydrogen) atoms. The summed E-state index contributed by atoms with van der Waals surface area (Å²) >= 11 is 12.4. The van der Waals surface area contributed by atoms with Crippen LogP contribution in [0.5, 0.6) is 0 Å². The predicted molar refractivity (Wildman–Crippen MR) is 87.4 cm³/mol. The number of halogens is 2. The lowest BCUT2D eigenvalue weighted by Crippen LogP contribution is -2.50. The van der Waals surface area contributed by atoms with E-state index in [1.807, 2.05) is 20.8 Å². The summed E-state index contributed by atoms with van der Waals surface area (Å²) in [5.41, 5.74) is -1.36. The highest BCUT2D eigenvalue weighted by molar-refractivity contribution is 6.36. The summed E-state index contributed by atoms with van der Waals surface area (Å²) in [6, 6.07) is 5.10. The number of β-amino-alcohol motifs (C(OH)–C–C–N with tert-alkyl or cyclic N) is 1. The first-order valence-electron chi connectivity index (χ1n) is 7.27. The molecule has 4 nitrogen and oxygen atoms in total. The molecule has 0 spiro atoms. The molecule has 0 saturated carbocycles. The molecule has 0 aliphatic carbocycles. The molecule has 6 heteroatoms. The largest absolute Gasteiger partial charge is 0.444 e. The van der Waals surface area contributed by atoms with Gasteiger partial charge in [0.05, 0.1) is 6.54 Å². The molecule has 0 bridgehead atoms. The molecule has 1 amide bonds. The second kappa shape index (κ2) is 6.26. The molecule has 1 atom stereocenters. The number of benzene rings is 1. The number of nitrogens with zero attached hydrogens (tertiary/aromatic N) is 1. The van der Waals surface area contributed by atoms with Crippen molar-refractivity contribution in [3.05, 3.63) is 33.8 Å². The Morgan fingerprint density at radius 3 is 2.45 bits per heavy atom. The Labute approximate surface area is 141 Å². The molecule has 1 heterocycles. The number of rotatable bonds is 1. The van der Waals surface area contributed by atoms with Crippen molar-refractivity contribution in [3.63, 3.8) is 0 Å². The van der Waals surface area contributed by atoms with Crippen molar-refractivity contribution >= 4 is 29.3 Å². The first-order chi connectivity index (χ1) is 10.1. The topological polar surface area (TPSA) is 49.8 Å². The van der Waals surface area contributed by atoms with Crippen LogP contribution in [-0.2, 0) is 10.3 Å². The number of likely N-dealkylation sites (tertiary alicyclic amines) is 1. The van der Waals surface area contributed by atoms with Gasteiger partial charge in [0.15, 0.2) is 0 Å². The van der Waals surface area contributed by atoms with Crippen molar-refractivity contribution in [1.29, 1.82) is 0 Å². The summed E-state index contributed by atoms with van der Waals surface area (Å²) in [6.45, 7) is 6.09. The molecular formula is C16H21Cl2NO3. The summed E-state index contributed by atoms with van der Waals surface area (Å²) in [5.74, 6) is 0. The van der Waals surface area contributed by atoms with Crippen molar-refractivity contribution < 1.29 is 14.6 Å². The van der Waals surface area contributed by atoms with E-state index in [4.69, 9.17) is 27.9 Å². The van der Waals surface area contributed by atoms with Gasteiger partial charge in [0.1, 0.15) is 11.2 Å². The summed E-state index contributed by atoms with van der Waals surface area (Å²) in [7, 11) is 0. The van der Waals surface area contributed by atoms with Crippen LogP contribution in [0.1, 0.15) is 39.2 Å². The maximum Gasteiger partial charge on any atom is 0.410 e. The fraction of sp³-hybridized carbons (Fsp3) is 0.562. The summed E-state index contributed by atoms with van der Waals surface area (Å²) in [5, 5.41) is 11.8. The molecule has 1 aromatic rings. The van der Waals surface area contributed by atoms with Crippen LogP contribution >= 0.6 is 23.2 Å². The van der Waals surface area contributed by atoms with E-state index in [0.717, 1.165) is 0 Å². The number of hydrogen-bond acceptors (Lipinski definition) is 3. The van der Waals surface area contributed by atoms with E-state index < -0.39 is 17.3 Å². The van der Waals surface area contributed by atoms with Crippen molar-refractivity contribution in [2.45, 2.75) is 44.8 Å². The van der Waals surface area contributed by atoms with Crippen LogP contribution in [0.15, 0.2) is 18.2 Å². The number of carbonyl (C=O) groups is 1. The lowest BCUT2D eigenvalue weighted by molar-refractivity contribution is -0.0464. The average Bonchev–Trinajstić information content (AvgIpc) is 2.36. The molecule has 1 saturated heterocycles. The van der Waals surface area contributed by atoms with Gasteiger partial charge in [0, 0.05) is 22.2 Å². The lowest BCUT2D eigenvalue weighted by atomic mass is 9.85. The third-order valence-corrected chi connectivity index (χ3v) is 4.18. The van der Waals surface area contributed by atoms with Crippen LogP contribution in [0.4, 0.5) is 4.79 Å². The summed E-state index contributed by atoms with van der Waals surface area (Å²) < 4.78 is 5.38. The first-order valence-corrected chi connectivity index (χ1v) is 8.03. The van der Waals surface area contributed by atoms with E-state index >= 15 is 0 Å². The molecule has 1 fully saturated rings. The van der Waals surface area contributed by atoms with Crippen LogP contribution in [0.2, 0.25) is 10.0 Å². The molecule has 122 valence electrons. The maximum absolute atomic E-state index is 12.2. The number of amides is 1. The monoisotopic (exact) mass is 345 g/mol. The van der Waals surface area contributed by atoms with Gasteiger partial charge in [-0.25, -0.2) is 4.79 Å². The molecule has 0 unspecified atom stereocenters. The minimum atomic E-state index is -1.26. The van der Waals surface area contributed by atoms with E-state index in [0.29, 0.717) is 35.0 Å². The Hall–Kier alpha value is -0.970. The average molecular weight is 346 g/mol. The zero-order valence-corrected chi connectivity index (χ0v) is 14.5. The smallest absolute Gasteiger partial charge is 0.410 e. The SMILES string of the molecule is CC(C)(C)OC(=O)N1CCC[C@](O)(c2c(Cl)cccc2Cl)C1. The first kappa shape index (κ1) is 17.4. The summed E-state index contributed by atoms with van der Waals surface area (Å²) in [6.07, 6.45) is 0.710. The van der Waals surface area contributed by atoms with Crippen molar-refractivity contribution in [3.8, 4) is 0 Å². The van der Waals surface area contributed by atoms with Crippen LogP contribution in [0.3, 0.4) is 0 Å². The third-order valence-electron chi connectivity index (χ3n) is 3.55. The van der Waals surface area contributed by atoms with Crippen molar-refractivity contribution in [1.82, 2.24) is 4.90 Å². The maximum atomic E-state index is 12.2. The minimum absolute atomic E-state index is 0.116. The van der Waals surface area contributed by atoms with Gasteiger partial charge in [-0.15, -0.1) is 0 Å². The van der Waals surface area contributed by atoms with Crippen LogP contribution in [0.25, 0.3) is 0 Å². The van der Waals surface area contributed by atoms with E-state index in [9.17, 15) is 9.90 Å². The van der Waals surface area contributed by atoms with E-state index in [1.165, 1.54) is 4.90 Å². The van der Waals surface area contributed by atoms with Gasteiger partial charge in [-0.3, -0.25) is 0 Å². The van der Waals surface area contributed by atoms with Gasteiger partial charge in [-0.05, 0) is 45.7 Å². The molecule has 1 aliphatic heterocycles. The van der Waals surface area contributed by atoms with Gasteiger partial charge in [-0.2, -0.15) is 0 Å². The molecule has 1 aromatic carbocycles. The Morgan fingerprint density at radius 2 is 1.91 bits per heavy atom. The third kappa shape index (κ3) is 3.86. The van der Waals surface area contributed by atoms with Gasteiger partial charge >= 0.3 is 6.09 Å². The van der Waals surface area contributed by atoms with E-state index in [1.54, 1.807) is 18.2 Å². The summed E-state index contributed by atoms with van der Waals surface area (Å²) in [4.78, 5) is 13.7. The zero-order chi connectivity index (χ0) is 16.5. The predicted octanol–water partition coefficient (Wildman–Crippen LogP) is 4.21. The lowest BCUT2D eigenvalue weighted by Gasteiger charge is -2.40. The number of ether oxygens (including phenoxy) is 1. The number of aliphatic hydroxyl groups is 1. The molecule has 0 radical (unpaired) electrons. The highest BCUT2D eigenvalue weighted by Gasteiger charge is 2.40. The van der Waals surface area contributed by atoms with Gasteiger partial charge in [0.2, 0.25) is 0 Å². The van der Waals surface area contributed by atoms with E-state index in [2.05, 4.69) is 0 Å². The highest BCUT2D eigenvalue weighted by Crippen LogP contribution is 2.40. The number of carbonyl (C=O) groups excluding carboxylic acids is 1. The fourth-order valence-corrected chi connectivity index (χ4v) is 3.41. The minimum Gasteiger partial charge on any atom is -0.444 e. The van der Waals surface area contributed by atoms with E-state index in [-0.39, 0.29) is 6.54 Å². The molecular weight excluding hydrogens is 325 g/mol. The molecule has 0 aromatic heterocycles. The molecule has 1 aliphatic rings. The molecule has 1 N–H and O–H groups in total.